The van der Waals surface area contributed by atoms with Crippen LogP contribution in [0.15, 0.2) is 0 Å². The highest BCUT2D eigenvalue weighted by Gasteiger charge is 2.28. The van der Waals surface area contributed by atoms with Gasteiger partial charge in [-0.2, -0.15) is 0 Å². The van der Waals surface area contributed by atoms with Gasteiger partial charge in [-0.3, -0.25) is 9.69 Å². The van der Waals surface area contributed by atoms with Crippen LogP contribution in [0.5, 0.6) is 0 Å². The molecule has 1 saturated heterocycles. The van der Waals surface area contributed by atoms with Crippen LogP contribution >= 0.6 is 0 Å². The lowest BCUT2D eigenvalue weighted by atomic mass is 9.97. The molecule has 2 fully saturated rings. The highest BCUT2D eigenvalue weighted by Crippen LogP contribution is 2.20. The van der Waals surface area contributed by atoms with Crippen molar-refractivity contribution in [2.75, 3.05) is 26.2 Å². The molecule has 2 rings (SSSR count). The van der Waals surface area contributed by atoms with Crippen LogP contribution in [0.3, 0.4) is 0 Å². The Morgan fingerprint density at radius 2 is 2.00 bits per heavy atom. The Bertz CT molecular complexity index is 272. The van der Waals surface area contributed by atoms with Gasteiger partial charge in [-0.1, -0.05) is 6.92 Å². The molecule has 1 unspecified atom stereocenters. The fourth-order valence-corrected chi connectivity index (χ4v) is 2.67. The first kappa shape index (κ1) is 13.8. The van der Waals surface area contributed by atoms with Crippen molar-refractivity contribution in [1.29, 1.82) is 0 Å². The molecule has 0 spiro atoms. The molecule has 4 nitrogen and oxygen atoms in total. The molecule has 2 aliphatic rings. The lowest BCUT2D eigenvalue weighted by molar-refractivity contribution is -0.126. The number of hydrogen-bond acceptors (Lipinski definition) is 3. The second kappa shape index (κ2) is 6.53. The van der Waals surface area contributed by atoms with Crippen molar-refractivity contribution >= 4 is 5.91 Å². The molecular weight excluding hydrogens is 226 g/mol. The van der Waals surface area contributed by atoms with E-state index in [9.17, 15) is 4.79 Å². The monoisotopic (exact) mass is 253 g/mol. The first-order chi connectivity index (χ1) is 8.70. The third-order valence-corrected chi connectivity index (χ3v) is 4.21. The van der Waals surface area contributed by atoms with E-state index in [2.05, 4.69) is 22.5 Å². The summed E-state index contributed by atoms with van der Waals surface area (Å²) < 4.78 is 0. The number of carbonyl (C=O) groups is 1. The summed E-state index contributed by atoms with van der Waals surface area (Å²) in [5.74, 6) is 0.968. The van der Waals surface area contributed by atoms with Crippen LogP contribution in [0.25, 0.3) is 0 Å². The van der Waals surface area contributed by atoms with E-state index in [1.165, 1.54) is 25.7 Å². The summed E-state index contributed by atoms with van der Waals surface area (Å²) >= 11 is 0. The van der Waals surface area contributed by atoms with Gasteiger partial charge in [-0.05, 0) is 58.2 Å². The van der Waals surface area contributed by atoms with Crippen molar-refractivity contribution in [1.82, 2.24) is 15.5 Å². The molecule has 0 radical (unpaired) electrons. The minimum Gasteiger partial charge on any atom is -0.352 e. The van der Waals surface area contributed by atoms with Crippen molar-refractivity contribution in [2.45, 2.75) is 51.6 Å². The zero-order valence-electron chi connectivity index (χ0n) is 11.7. The summed E-state index contributed by atoms with van der Waals surface area (Å²) in [5, 5.41) is 6.51. The average Bonchev–Trinajstić information content (AvgIpc) is 3.20. The third kappa shape index (κ3) is 3.95. The van der Waals surface area contributed by atoms with Gasteiger partial charge in [0.25, 0.3) is 0 Å². The van der Waals surface area contributed by atoms with Crippen molar-refractivity contribution in [3.05, 3.63) is 0 Å². The number of rotatable bonds is 6. The van der Waals surface area contributed by atoms with Gasteiger partial charge >= 0.3 is 0 Å². The molecule has 0 aromatic rings. The van der Waals surface area contributed by atoms with E-state index < -0.39 is 0 Å². The van der Waals surface area contributed by atoms with Crippen molar-refractivity contribution in [3.8, 4) is 0 Å². The second-order valence-corrected chi connectivity index (χ2v) is 5.74. The zero-order valence-corrected chi connectivity index (χ0v) is 11.7. The van der Waals surface area contributed by atoms with Crippen molar-refractivity contribution in [2.24, 2.45) is 5.92 Å². The predicted octanol–water partition coefficient (Wildman–Crippen LogP) is 0.975. The van der Waals surface area contributed by atoms with Gasteiger partial charge in [0.05, 0.1) is 6.04 Å². The molecule has 104 valence electrons. The van der Waals surface area contributed by atoms with Gasteiger partial charge in [-0.25, -0.2) is 0 Å². The molecular formula is C14H27N3O. The van der Waals surface area contributed by atoms with E-state index in [1.54, 1.807) is 0 Å². The maximum Gasteiger partial charge on any atom is 0.237 e. The molecule has 1 atom stereocenters. The van der Waals surface area contributed by atoms with E-state index in [-0.39, 0.29) is 11.9 Å². The molecule has 0 aromatic carbocycles. The number of likely N-dealkylation sites (N-methyl/N-ethyl adjacent to an activating group) is 1. The van der Waals surface area contributed by atoms with Gasteiger partial charge in [0.15, 0.2) is 0 Å². The van der Waals surface area contributed by atoms with E-state index in [4.69, 9.17) is 0 Å². The summed E-state index contributed by atoms with van der Waals surface area (Å²) in [6, 6.07) is 0.489. The molecule has 1 amide bonds. The van der Waals surface area contributed by atoms with Crippen molar-refractivity contribution in [3.63, 3.8) is 0 Å². The van der Waals surface area contributed by atoms with Crippen LogP contribution in [-0.4, -0.2) is 49.1 Å². The SMILES string of the molecule is CCN(CC1CCNCC1)C(C)C(=O)NC1CC1. The Kier molecular flexibility index (Phi) is 5.01. The summed E-state index contributed by atoms with van der Waals surface area (Å²) in [5.41, 5.74) is 0. The van der Waals surface area contributed by atoms with Crippen molar-refractivity contribution < 1.29 is 4.79 Å². The minimum atomic E-state index is 0.0190. The van der Waals surface area contributed by atoms with Gasteiger partial charge in [0, 0.05) is 12.6 Å². The minimum absolute atomic E-state index is 0.0190. The molecule has 0 bridgehead atoms. The number of nitrogens with one attached hydrogen (secondary N) is 2. The Morgan fingerprint density at radius 3 is 2.56 bits per heavy atom. The van der Waals surface area contributed by atoms with Gasteiger partial charge in [0.1, 0.15) is 0 Å². The third-order valence-electron chi connectivity index (χ3n) is 4.21. The smallest absolute Gasteiger partial charge is 0.237 e. The first-order valence-electron chi connectivity index (χ1n) is 7.45. The lowest BCUT2D eigenvalue weighted by Gasteiger charge is -2.32. The predicted molar refractivity (Wildman–Crippen MR) is 73.5 cm³/mol. The van der Waals surface area contributed by atoms with Crippen LogP contribution in [0, 0.1) is 5.92 Å². The van der Waals surface area contributed by atoms with Gasteiger partial charge in [-0.15, -0.1) is 0 Å². The van der Waals surface area contributed by atoms with Crippen LogP contribution < -0.4 is 10.6 Å². The van der Waals surface area contributed by atoms with Gasteiger partial charge < -0.3 is 10.6 Å². The van der Waals surface area contributed by atoms with E-state index in [1.807, 2.05) is 6.92 Å². The summed E-state index contributed by atoms with van der Waals surface area (Å²) in [6.45, 7) is 8.49. The highest BCUT2D eigenvalue weighted by molar-refractivity contribution is 5.81. The molecule has 18 heavy (non-hydrogen) atoms. The summed E-state index contributed by atoms with van der Waals surface area (Å²) in [6.07, 6.45) is 4.82. The Balaban J connectivity index is 1.79. The number of hydrogen-bond donors (Lipinski definition) is 2. The normalized spacial score (nSPS) is 23.1. The van der Waals surface area contributed by atoms with E-state index in [0.29, 0.717) is 6.04 Å². The second-order valence-electron chi connectivity index (χ2n) is 5.74. The molecule has 1 saturated carbocycles. The fourth-order valence-electron chi connectivity index (χ4n) is 2.67. The topological polar surface area (TPSA) is 44.4 Å². The Hall–Kier alpha value is -0.610. The maximum absolute atomic E-state index is 12.1. The molecule has 1 heterocycles. The zero-order chi connectivity index (χ0) is 13.0. The lowest BCUT2D eigenvalue weighted by Crippen LogP contribution is -2.48. The van der Waals surface area contributed by atoms with E-state index >= 15 is 0 Å². The van der Waals surface area contributed by atoms with Crippen LogP contribution in [0.1, 0.15) is 39.5 Å². The van der Waals surface area contributed by atoms with Gasteiger partial charge in [0.2, 0.25) is 5.91 Å². The molecule has 2 N–H and O–H groups in total. The number of piperidine rings is 1. The molecule has 0 aromatic heterocycles. The number of nitrogens with zero attached hydrogens (tertiary/aromatic N) is 1. The summed E-state index contributed by atoms with van der Waals surface area (Å²) in [4.78, 5) is 14.4. The number of carbonyl (C=O) groups excluding carboxylic acids is 1. The van der Waals surface area contributed by atoms with Crippen LogP contribution in [-0.2, 0) is 4.79 Å². The molecule has 1 aliphatic heterocycles. The standard InChI is InChI=1S/C14H27N3O/c1-3-17(10-12-6-8-15-9-7-12)11(2)14(18)16-13-4-5-13/h11-13,15H,3-10H2,1-2H3,(H,16,18). The first-order valence-corrected chi connectivity index (χ1v) is 7.45. The highest BCUT2D eigenvalue weighted by atomic mass is 16.2. The van der Waals surface area contributed by atoms with Crippen LogP contribution in [0.4, 0.5) is 0 Å². The maximum atomic E-state index is 12.1. The summed E-state index contributed by atoms with van der Waals surface area (Å²) in [7, 11) is 0. The quantitative estimate of drug-likeness (QED) is 0.741. The Labute approximate surface area is 110 Å². The largest absolute Gasteiger partial charge is 0.352 e. The molecule has 4 heteroatoms. The molecule has 1 aliphatic carbocycles. The average molecular weight is 253 g/mol. The number of amides is 1. The van der Waals surface area contributed by atoms with E-state index in [0.717, 1.165) is 32.1 Å². The van der Waals surface area contributed by atoms with Crippen LogP contribution in [0.2, 0.25) is 0 Å². The fraction of sp³-hybridized carbons (Fsp3) is 0.929. The Morgan fingerprint density at radius 1 is 1.33 bits per heavy atom.